The van der Waals surface area contributed by atoms with Crippen LogP contribution in [0.25, 0.3) is 0 Å². The molecule has 0 fully saturated rings. The summed E-state index contributed by atoms with van der Waals surface area (Å²) < 4.78 is 0. The number of hydrogen-bond acceptors (Lipinski definition) is 10. The SMILES string of the molecule is CC(C)C[C@H](NC(=O)[C@@H](N)CO)C(=O)N[C@@H](Cc1ccc(O)cc1)C(=O)N[C@@H](CCC(N)=O)C(=O)N[C@@H](CO)C(=O)O. The third-order valence-corrected chi connectivity index (χ3v) is 5.99. The van der Waals surface area contributed by atoms with Gasteiger partial charge in [0.15, 0.2) is 0 Å². The molecule has 234 valence electrons. The van der Waals surface area contributed by atoms with Crippen molar-refractivity contribution in [3.05, 3.63) is 29.8 Å². The molecule has 0 radical (unpaired) electrons. The Kier molecular flexibility index (Phi) is 14.9. The summed E-state index contributed by atoms with van der Waals surface area (Å²) >= 11 is 0. The number of amides is 5. The molecule has 12 N–H and O–H groups in total. The molecule has 5 atom stereocenters. The number of nitrogens with two attached hydrogens (primary N) is 2. The summed E-state index contributed by atoms with van der Waals surface area (Å²) in [6.07, 6.45) is -0.687. The van der Waals surface area contributed by atoms with E-state index in [1.807, 2.05) is 0 Å². The second-order valence-corrected chi connectivity index (χ2v) is 10.1. The summed E-state index contributed by atoms with van der Waals surface area (Å²) in [6, 6.07) is -1.28. The van der Waals surface area contributed by atoms with Gasteiger partial charge in [-0.2, -0.15) is 0 Å². The van der Waals surface area contributed by atoms with Crippen LogP contribution in [0.4, 0.5) is 0 Å². The van der Waals surface area contributed by atoms with Gasteiger partial charge in [-0.05, 0) is 36.5 Å². The molecular weight excluding hydrogens is 556 g/mol. The Morgan fingerprint density at radius 1 is 0.762 bits per heavy atom. The van der Waals surface area contributed by atoms with Gasteiger partial charge in [-0.1, -0.05) is 26.0 Å². The van der Waals surface area contributed by atoms with E-state index >= 15 is 0 Å². The highest BCUT2D eigenvalue weighted by molar-refractivity contribution is 5.95. The van der Waals surface area contributed by atoms with Crippen molar-refractivity contribution in [1.29, 1.82) is 0 Å². The number of hydrogen-bond donors (Lipinski definition) is 10. The third-order valence-electron chi connectivity index (χ3n) is 5.99. The van der Waals surface area contributed by atoms with E-state index in [9.17, 15) is 44.1 Å². The zero-order valence-electron chi connectivity index (χ0n) is 23.4. The van der Waals surface area contributed by atoms with Gasteiger partial charge in [-0.25, -0.2) is 4.79 Å². The van der Waals surface area contributed by atoms with Crippen molar-refractivity contribution in [2.24, 2.45) is 17.4 Å². The predicted octanol–water partition coefficient (Wildman–Crippen LogP) is -3.42. The fourth-order valence-corrected chi connectivity index (χ4v) is 3.70. The molecule has 1 rings (SSSR count). The van der Waals surface area contributed by atoms with E-state index in [4.69, 9.17) is 16.6 Å². The lowest BCUT2D eigenvalue weighted by Crippen LogP contribution is -2.59. The molecule has 5 amide bonds. The van der Waals surface area contributed by atoms with Crippen LogP contribution in [-0.4, -0.2) is 99.4 Å². The third kappa shape index (κ3) is 12.5. The van der Waals surface area contributed by atoms with Crippen LogP contribution >= 0.6 is 0 Å². The second-order valence-electron chi connectivity index (χ2n) is 10.1. The summed E-state index contributed by atoms with van der Waals surface area (Å²) in [7, 11) is 0. The molecule has 1 aromatic rings. The number of carboxylic acids is 1. The average molecular weight is 597 g/mol. The van der Waals surface area contributed by atoms with Gasteiger partial charge in [-0.15, -0.1) is 0 Å². The highest BCUT2D eigenvalue weighted by atomic mass is 16.4. The smallest absolute Gasteiger partial charge is 0.328 e. The van der Waals surface area contributed by atoms with Gasteiger partial charge in [0.2, 0.25) is 29.5 Å². The van der Waals surface area contributed by atoms with E-state index in [1.165, 1.54) is 24.3 Å². The monoisotopic (exact) mass is 596 g/mol. The number of phenols is 1. The number of aromatic hydroxyl groups is 1. The number of phenolic OH excluding ortho intramolecular Hbond substituents is 1. The highest BCUT2D eigenvalue weighted by Crippen LogP contribution is 2.13. The number of carboxylic acid groups (broad SMARTS) is 1. The van der Waals surface area contributed by atoms with Crippen LogP contribution in [0.1, 0.15) is 38.7 Å². The first kappa shape index (κ1) is 35.7. The van der Waals surface area contributed by atoms with Crippen molar-refractivity contribution in [3.63, 3.8) is 0 Å². The molecular formula is C26H40N6O10. The fourth-order valence-electron chi connectivity index (χ4n) is 3.70. The van der Waals surface area contributed by atoms with E-state index in [0.717, 1.165) is 0 Å². The second kappa shape index (κ2) is 17.5. The Balaban J connectivity index is 3.30. The zero-order chi connectivity index (χ0) is 32.0. The molecule has 0 saturated heterocycles. The highest BCUT2D eigenvalue weighted by Gasteiger charge is 2.32. The molecule has 42 heavy (non-hydrogen) atoms. The maximum atomic E-state index is 13.4. The van der Waals surface area contributed by atoms with Gasteiger partial charge in [0.25, 0.3) is 0 Å². The number of aliphatic hydroxyl groups is 2. The Bertz CT molecular complexity index is 1100. The first-order chi connectivity index (χ1) is 19.7. The van der Waals surface area contributed by atoms with Crippen molar-refractivity contribution in [1.82, 2.24) is 21.3 Å². The van der Waals surface area contributed by atoms with Crippen LogP contribution < -0.4 is 32.7 Å². The molecule has 0 saturated carbocycles. The Labute approximate surface area is 242 Å². The fraction of sp³-hybridized carbons (Fsp3) is 0.538. The number of primary amides is 1. The van der Waals surface area contributed by atoms with Gasteiger partial charge >= 0.3 is 5.97 Å². The minimum absolute atomic E-state index is 0.0521. The van der Waals surface area contributed by atoms with Crippen LogP contribution in [-0.2, 0) is 35.2 Å². The predicted molar refractivity (Wildman–Crippen MR) is 147 cm³/mol. The van der Waals surface area contributed by atoms with Crippen LogP contribution in [0.2, 0.25) is 0 Å². The lowest BCUT2D eigenvalue weighted by molar-refractivity contribution is -0.143. The van der Waals surface area contributed by atoms with Crippen molar-refractivity contribution < 1.29 is 49.2 Å². The summed E-state index contributed by atoms with van der Waals surface area (Å²) in [5.41, 5.74) is 11.2. The number of carbonyl (C=O) groups excluding carboxylic acids is 5. The van der Waals surface area contributed by atoms with Gasteiger partial charge in [0.1, 0.15) is 36.0 Å². The molecule has 0 heterocycles. The first-order valence-electron chi connectivity index (χ1n) is 13.2. The van der Waals surface area contributed by atoms with Crippen LogP contribution in [0.15, 0.2) is 24.3 Å². The molecule has 1 aromatic carbocycles. The summed E-state index contributed by atoms with van der Waals surface area (Å²) in [5.74, 6) is -5.98. The molecule has 0 aliphatic carbocycles. The number of benzene rings is 1. The van der Waals surface area contributed by atoms with Gasteiger partial charge in [-0.3, -0.25) is 24.0 Å². The Morgan fingerprint density at radius 2 is 1.26 bits per heavy atom. The van der Waals surface area contributed by atoms with Crippen molar-refractivity contribution in [3.8, 4) is 5.75 Å². The molecule has 16 heteroatoms. The molecule has 0 aromatic heterocycles. The standard InChI is InChI=1S/C26H40N6O10/c1-13(2)9-18(30-22(37)16(27)11-33)24(39)31-19(10-14-3-5-15(35)6-4-14)25(40)29-17(7-8-21(28)36)23(38)32-20(12-34)26(41)42/h3-6,13,16-20,33-35H,7-12,27H2,1-2H3,(H2,28,36)(H,29,40)(H,30,37)(H,31,39)(H,32,38)(H,41,42)/t16-,17-,18-,19-,20-/m0/s1. The lowest BCUT2D eigenvalue weighted by atomic mass is 10.00. The van der Waals surface area contributed by atoms with Gasteiger partial charge in [0.05, 0.1) is 13.2 Å². The van der Waals surface area contributed by atoms with E-state index < -0.39 is 78.9 Å². The van der Waals surface area contributed by atoms with E-state index in [-0.39, 0.29) is 37.4 Å². The maximum Gasteiger partial charge on any atom is 0.328 e. The Hall–Kier alpha value is -4.28. The van der Waals surface area contributed by atoms with Crippen molar-refractivity contribution in [2.45, 2.75) is 69.7 Å². The van der Waals surface area contributed by atoms with E-state index in [0.29, 0.717) is 5.56 Å². The quantitative estimate of drug-likeness (QED) is 0.0796. The molecule has 0 bridgehead atoms. The first-order valence-corrected chi connectivity index (χ1v) is 13.2. The molecule has 0 aliphatic rings. The summed E-state index contributed by atoms with van der Waals surface area (Å²) in [5, 5.41) is 46.6. The number of carbonyl (C=O) groups is 6. The summed E-state index contributed by atoms with van der Waals surface area (Å²) in [6.45, 7) is 1.97. The summed E-state index contributed by atoms with van der Waals surface area (Å²) in [4.78, 5) is 74.5. The number of rotatable bonds is 18. The van der Waals surface area contributed by atoms with Crippen molar-refractivity contribution in [2.75, 3.05) is 13.2 Å². The maximum absolute atomic E-state index is 13.4. The number of aliphatic hydroxyl groups excluding tert-OH is 2. The molecule has 16 nitrogen and oxygen atoms in total. The van der Waals surface area contributed by atoms with Crippen molar-refractivity contribution >= 4 is 35.5 Å². The minimum Gasteiger partial charge on any atom is -0.508 e. The van der Waals surface area contributed by atoms with Gasteiger partial charge in [0, 0.05) is 12.8 Å². The molecule has 0 aliphatic heterocycles. The average Bonchev–Trinajstić information content (AvgIpc) is 2.92. The van der Waals surface area contributed by atoms with Crippen LogP contribution in [0.5, 0.6) is 5.75 Å². The Morgan fingerprint density at radius 3 is 1.76 bits per heavy atom. The number of aliphatic carboxylic acids is 1. The normalized spacial score (nSPS) is 14.5. The van der Waals surface area contributed by atoms with Crippen LogP contribution in [0, 0.1) is 5.92 Å². The molecule has 0 spiro atoms. The molecule has 0 unspecified atom stereocenters. The van der Waals surface area contributed by atoms with Gasteiger partial charge < -0.3 is 53.2 Å². The van der Waals surface area contributed by atoms with Crippen LogP contribution in [0.3, 0.4) is 0 Å². The lowest BCUT2D eigenvalue weighted by Gasteiger charge is -2.27. The largest absolute Gasteiger partial charge is 0.508 e. The minimum atomic E-state index is -1.69. The van der Waals surface area contributed by atoms with E-state index in [1.54, 1.807) is 13.8 Å². The topological polar surface area (TPSA) is 284 Å². The van der Waals surface area contributed by atoms with E-state index in [2.05, 4.69) is 21.3 Å². The number of nitrogens with one attached hydrogen (secondary N) is 4. The zero-order valence-corrected chi connectivity index (χ0v) is 23.4.